The smallest absolute Gasteiger partial charge is 0.338 e. The van der Waals surface area contributed by atoms with Gasteiger partial charge in [0.05, 0.1) is 12.2 Å². The van der Waals surface area contributed by atoms with Crippen molar-refractivity contribution in [3.63, 3.8) is 0 Å². The molecule has 1 aliphatic rings. The van der Waals surface area contributed by atoms with E-state index in [1.165, 1.54) is 18.3 Å². The number of aromatic carboxylic acids is 1. The topological polar surface area (TPSA) is 88.5 Å². The molecule has 0 bridgehead atoms. The van der Waals surface area contributed by atoms with E-state index in [1.807, 2.05) is 6.92 Å². The minimum atomic E-state index is -1.16. The van der Waals surface area contributed by atoms with Crippen LogP contribution in [0.2, 0.25) is 0 Å². The molecule has 1 amide bonds. The van der Waals surface area contributed by atoms with Crippen LogP contribution in [0, 0.1) is 5.92 Å². The highest BCUT2D eigenvalue weighted by Gasteiger charge is 2.25. The van der Waals surface area contributed by atoms with E-state index in [9.17, 15) is 9.59 Å². The van der Waals surface area contributed by atoms with Gasteiger partial charge in [0.2, 0.25) is 0 Å². The SMILES string of the molecule is CC(NC(=O)c1ncccc1C(=O)O)C1CCOC1. The van der Waals surface area contributed by atoms with E-state index in [0.717, 1.165) is 6.42 Å². The first-order valence-electron chi connectivity index (χ1n) is 6.16. The summed E-state index contributed by atoms with van der Waals surface area (Å²) >= 11 is 0. The number of carbonyl (C=O) groups is 2. The van der Waals surface area contributed by atoms with Crippen molar-refractivity contribution in [2.45, 2.75) is 19.4 Å². The highest BCUT2D eigenvalue weighted by molar-refractivity contribution is 6.03. The molecule has 2 rings (SSSR count). The summed E-state index contributed by atoms with van der Waals surface area (Å²) in [5.74, 6) is -1.35. The monoisotopic (exact) mass is 264 g/mol. The van der Waals surface area contributed by atoms with Crippen molar-refractivity contribution in [3.8, 4) is 0 Å². The Bertz CT molecular complexity index is 483. The van der Waals surface area contributed by atoms with Gasteiger partial charge in [-0.15, -0.1) is 0 Å². The van der Waals surface area contributed by atoms with E-state index in [-0.39, 0.29) is 23.2 Å². The lowest BCUT2D eigenvalue weighted by molar-refractivity contribution is 0.0689. The second-order valence-corrected chi connectivity index (χ2v) is 4.59. The molecule has 0 radical (unpaired) electrons. The lowest BCUT2D eigenvalue weighted by Gasteiger charge is -2.19. The standard InChI is InChI=1S/C13H16N2O4/c1-8(9-4-6-19-7-9)15-12(16)11-10(13(17)18)3-2-5-14-11/h2-3,5,8-9H,4,6-7H2,1H3,(H,15,16)(H,17,18). The van der Waals surface area contributed by atoms with Gasteiger partial charge in [0, 0.05) is 24.8 Å². The third-order valence-electron chi connectivity index (χ3n) is 3.28. The first-order chi connectivity index (χ1) is 9.09. The molecular weight excluding hydrogens is 248 g/mol. The highest BCUT2D eigenvalue weighted by atomic mass is 16.5. The molecule has 0 saturated carbocycles. The van der Waals surface area contributed by atoms with Crippen LogP contribution in [0.3, 0.4) is 0 Å². The molecule has 2 unspecified atom stereocenters. The van der Waals surface area contributed by atoms with Crippen molar-refractivity contribution in [2.24, 2.45) is 5.92 Å². The number of nitrogens with one attached hydrogen (secondary N) is 1. The molecule has 0 aliphatic carbocycles. The first kappa shape index (κ1) is 13.5. The number of rotatable bonds is 4. The summed E-state index contributed by atoms with van der Waals surface area (Å²) in [4.78, 5) is 26.9. The minimum absolute atomic E-state index is 0.0548. The predicted molar refractivity (Wildman–Crippen MR) is 67.1 cm³/mol. The molecule has 1 saturated heterocycles. The van der Waals surface area contributed by atoms with Gasteiger partial charge in [0.15, 0.2) is 0 Å². The zero-order valence-corrected chi connectivity index (χ0v) is 10.6. The van der Waals surface area contributed by atoms with E-state index in [2.05, 4.69) is 10.3 Å². The fraction of sp³-hybridized carbons (Fsp3) is 0.462. The molecule has 1 fully saturated rings. The summed E-state index contributed by atoms with van der Waals surface area (Å²) in [5.41, 5.74) is -0.143. The van der Waals surface area contributed by atoms with Gasteiger partial charge in [-0.25, -0.2) is 4.79 Å². The number of hydrogen-bond acceptors (Lipinski definition) is 4. The Hall–Kier alpha value is -1.95. The molecule has 2 N–H and O–H groups in total. The Morgan fingerprint density at radius 3 is 3.00 bits per heavy atom. The fourth-order valence-electron chi connectivity index (χ4n) is 2.10. The average Bonchev–Trinajstić information content (AvgIpc) is 2.92. The summed E-state index contributed by atoms with van der Waals surface area (Å²) in [6, 6.07) is 2.79. The number of carboxylic acid groups (broad SMARTS) is 1. The molecule has 6 heteroatoms. The molecule has 2 heterocycles. The number of nitrogens with zero attached hydrogens (tertiary/aromatic N) is 1. The van der Waals surface area contributed by atoms with Gasteiger partial charge in [-0.3, -0.25) is 9.78 Å². The van der Waals surface area contributed by atoms with Crippen LogP contribution in [0.5, 0.6) is 0 Å². The number of carbonyl (C=O) groups excluding carboxylic acids is 1. The third kappa shape index (κ3) is 3.08. The van der Waals surface area contributed by atoms with Gasteiger partial charge >= 0.3 is 5.97 Å². The number of carboxylic acids is 1. The molecule has 1 aliphatic heterocycles. The maximum Gasteiger partial charge on any atom is 0.338 e. The summed E-state index contributed by atoms with van der Waals surface area (Å²) in [7, 11) is 0. The Balaban J connectivity index is 2.09. The highest BCUT2D eigenvalue weighted by Crippen LogP contribution is 2.17. The van der Waals surface area contributed by atoms with Crippen LogP contribution in [0.25, 0.3) is 0 Å². The number of ether oxygens (including phenoxy) is 1. The Labute approximate surface area is 110 Å². The predicted octanol–water partition coefficient (Wildman–Crippen LogP) is 0.935. The Morgan fingerprint density at radius 1 is 1.58 bits per heavy atom. The zero-order valence-electron chi connectivity index (χ0n) is 10.6. The number of aromatic nitrogens is 1. The van der Waals surface area contributed by atoms with Crippen LogP contribution in [0.1, 0.15) is 34.2 Å². The van der Waals surface area contributed by atoms with Crippen LogP contribution in [0.4, 0.5) is 0 Å². The molecular formula is C13H16N2O4. The van der Waals surface area contributed by atoms with Crippen molar-refractivity contribution in [3.05, 3.63) is 29.6 Å². The van der Waals surface area contributed by atoms with Crippen molar-refractivity contribution >= 4 is 11.9 Å². The van der Waals surface area contributed by atoms with Crippen LogP contribution in [-0.2, 0) is 4.74 Å². The number of pyridine rings is 1. The second-order valence-electron chi connectivity index (χ2n) is 4.59. The van der Waals surface area contributed by atoms with Gasteiger partial charge in [0.25, 0.3) is 5.91 Å². The molecule has 1 aromatic rings. The summed E-state index contributed by atoms with van der Waals surface area (Å²) in [6.45, 7) is 3.21. The average molecular weight is 264 g/mol. The largest absolute Gasteiger partial charge is 0.478 e. The van der Waals surface area contributed by atoms with Gasteiger partial charge in [-0.2, -0.15) is 0 Å². The lowest BCUT2D eigenvalue weighted by atomic mass is 10.0. The third-order valence-corrected chi connectivity index (χ3v) is 3.28. The van der Waals surface area contributed by atoms with Crippen LogP contribution in [-0.4, -0.2) is 41.2 Å². The molecule has 0 spiro atoms. The maximum atomic E-state index is 12.1. The van der Waals surface area contributed by atoms with E-state index in [0.29, 0.717) is 13.2 Å². The summed E-state index contributed by atoms with van der Waals surface area (Å²) in [6.07, 6.45) is 2.31. The number of amides is 1. The quantitative estimate of drug-likeness (QED) is 0.844. The van der Waals surface area contributed by atoms with Crippen LogP contribution in [0.15, 0.2) is 18.3 Å². The van der Waals surface area contributed by atoms with Crippen molar-refractivity contribution in [1.82, 2.24) is 10.3 Å². The van der Waals surface area contributed by atoms with Crippen LogP contribution < -0.4 is 5.32 Å². The van der Waals surface area contributed by atoms with E-state index in [1.54, 1.807) is 0 Å². The summed E-state index contributed by atoms with van der Waals surface area (Å²) in [5, 5.41) is 11.8. The van der Waals surface area contributed by atoms with Crippen LogP contribution >= 0.6 is 0 Å². The second kappa shape index (κ2) is 5.79. The van der Waals surface area contributed by atoms with E-state index >= 15 is 0 Å². The molecule has 0 aromatic carbocycles. The normalized spacial score (nSPS) is 19.9. The van der Waals surface area contributed by atoms with E-state index in [4.69, 9.17) is 9.84 Å². The lowest BCUT2D eigenvalue weighted by Crippen LogP contribution is -2.39. The fourth-order valence-corrected chi connectivity index (χ4v) is 2.10. The maximum absolute atomic E-state index is 12.1. The molecule has 6 nitrogen and oxygen atoms in total. The van der Waals surface area contributed by atoms with Gasteiger partial charge in [-0.1, -0.05) is 0 Å². The summed E-state index contributed by atoms with van der Waals surface area (Å²) < 4.78 is 5.27. The molecule has 2 atom stereocenters. The van der Waals surface area contributed by atoms with Crippen molar-refractivity contribution in [1.29, 1.82) is 0 Å². The van der Waals surface area contributed by atoms with Gasteiger partial charge in [-0.05, 0) is 25.5 Å². The number of hydrogen-bond donors (Lipinski definition) is 2. The Kier molecular flexibility index (Phi) is 4.11. The van der Waals surface area contributed by atoms with Crippen molar-refractivity contribution < 1.29 is 19.4 Å². The minimum Gasteiger partial charge on any atom is -0.478 e. The molecule has 19 heavy (non-hydrogen) atoms. The molecule has 102 valence electrons. The van der Waals surface area contributed by atoms with Crippen molar-refractivity contribution in [2.75, 3.05) is 13.2 Å². The van der Waals surface area contributed by atoms with Gasteiger partial charge in [0.1, 0.15) is 5.69 Å². The molecule has 1 aromatic heterocycles. The van der Waals surface area contributed by atoms with Gasteiger partial charge < -0.3 is 15.2 Å². The first-order valence-corrected chi connectivity index (χ1v) is 6.16. The Morgan fingerprint density at radius 2 is 2.37 bits per heavy atom. The zero-order chi connectivity index (χ0) is 13.8. The van der Waals surface area contributed by atoms with E-state index < -0.39 is 11.9 Å².